The first-order chi connectivity index (χ1) is 12.9. The number of primary amides is 1. The number of imidazole rings is 1. The number of hydrogen-bond acceptors (Lipinski definition) is 5. The lowest BCUT2D eigenvalue weighted by Gasteiger charge is -2.09. The molecular formula is C19H16FN5O2. The van der Waals surface area contributed by atoms with E-state index < -0.39 is 11.7 Å². The first-order valence-electron chi connectivity index (χ1n) is 8.20. The highest BCUT2D eigenvalue weighted by Gasteiger charge is 2.19. The Balaban J connectivity index is 2.15. The van der Waals surface area contributed by atoms with Crippen LogP contribution in [0.5, 0.6) is 5.88 Å². The number of fused-ring (bicyclic) bond motifs is 3. The number of pyridine rings is 1. The number of aryl methyl sites for hydroxylation is 2. The van der Waals surface area contributed by atoms with Crippen LogP contribution in [0.15, 0.2) is 30.3 Å². The van der Waals surface area contributed by atoms with Crippen LogP contribution in [0.25, 0.3) is 28.1 Å². The first kappa shape index (κ1) is 16.9. The lowest BCUT2D eigenvalue weighted by atomic mass is 10.1. The van der Waals surface area contributed by atoms with Crippen molar-refractivity contribution in [2.75, 3.05) is 7.11 Å². The van der Waals surface area contributed by atoms with Gasteiger partial charge in [0.2, 0.25) is 11.8 Å². The first-order valence-corrected chi connectivity index (χ1v) is 8.20. The maximum absolute atomic E-state index is 14.1. The van der Waals surface area contributed by atoms with Crippen molar-refractivity contribution in [1.82, 2.24) is 19.4 Å². The van der Waals surface area contributed by atoms with E-state index in [0.29, 0.717) is 34.1 Å². The molecule has 4 aromatic rings. The number of carbonyl (C=O) groups excluding carboxylic acids is 1. The normalized spacial score (nSPS) is 11.3. The molecule has 0 aliphatic heterocycles. The van der Waals surface area contributed by atoms with Gasteiger partial charge in [-0.1, -0.05) is 0 Å². The molecule has 0 radical (unpaired) electrons. The second-order valence-electron chi connectivity index (χ2n) is 6.19. The van der Waals surface area contributed by atoms with Crippen LogP contribution >= 0.6 is 0 Å². The molecule has 0 saturated heterocycles. The number of carbonyl (C=O) groups is 1. The summed E-state index contributed by atoms with van der Waals surface area (Å²) in [5.74, 6) is -0.420. The Hall–Kier alpha value is -3.55. The molecule has 0 atom stereocenters. The summed E-state index contributed by atoms with van der Waals surface area (Å²) in [5, 5.41) is 0. The third-order valence-electron chi connectivity index (χ3n) is 4.37. The number of rotatable bonds is 3. The lowest BCUT2D eigenvalue weighted by Crippen LogP contribution is -2.11. The molecule has 0 aliphatic carbocycles. The summed E-state index contributed by atoms with van der Waals surface area (Å²) in [6.45, 7) is 3.71. The van der Waals surface area contributed by atoms with E-state index in [1.807, 2.05) is 13.8 Å². The SMILES string of the molecule is COc1ccc2nc(C)c3c(C)nc(-c4cc(F)cc(C(N)=O)c4)n3c2n1. The van der Waals surface area contributed by atoms with E-state index in [-0.39, 0.29) is 5.56 Å². The van der Waals surface area contributed by atoms with Gasteiger partial charge in [-0.05, 0) is 38.1 Å². The summed E-state index contributed by atoms with van der Waals surface area (Å²) in [7, 11) is 1.53. The highest BCUT2D eigenvalue weighted by Crippen LogP contribution is 2.29. The van der Waals surface area contributed by atoms with E-state index in [0.717, 1.165) is 17.3 Å². The quantitative estimate of drug-likeness (QED) is 0.602. The number of aromatic nitrogens is 4. The van der Waals surface area contributed by atoms with Crippen LogP contribution in [0.3, 0.4) is 0 Å². The number of amides is 1. The zero-order valence-corrected chi connectivity index (χ0v) is 14.9. The van der Waals surface area contributed by atoms with Crippen molar-refractivity contribution in [1.29, 1.82) is 0 Å². The molecule has 0 unspecified atom stereocenters. The summed E-state index contributed by atoms with van der Waals surface area (Å²) in [6, 6.07) is 7.44. The molecule has 3 heterocycles. The Labute approximate surface area is 153 Å². The number of ether oxygens (including phenoxy) is 1. The fraction of sp³-hybridized carbons (Fsp3) is 0.158. The van der Waals surface area contributed by atoms with Gasteiger partial charge in [-0.25, -0.2) is 14.4 Å². The molecule has 0 fully saturated rings. The molecule has 8 heteroatoms. The van der Waals surface area contributed by atoms with Gasteiger partial charge in [0.1, 0.15) is 17.2 Å². The lowest BCUT2D eigenvalue weighted by molar-refractivity contribution is 0.1000. The van der Waals surface area contributed by atoms with Crippen molar-refractivity contribution in [3.05, 3.63) is 53.1 Å². The standard InChI is InChI=1S/C19H16FN5O2/c1-9-16-10(2)23-18(12-6-11(17(21)26)7-13(20)8-12)25(16)19-14(22-9)4-5-15(24-19)27-3/h4-8H,1-3H3,(H2,21,26). The van der Waals surface area contributed by atoms with Crippen LogP contribution < -0.4 is 10.5 Å². The maximum Gasteiger partial charge on any atom is 0.248 e. The van der Waals surface area contributed by atoms with Crippen molar-refractivity contribution < 1.29 is 13.9 Å². The van der Waals surface area contributed by atoms with E-state index in [1.54, 1.807) is 16.5 Å². The minimum Gasteiger partial charge on any atom is -0.481 e. The smallest absolute Gasteiger partial charge is 0.248 e. The summed E-state index contributed by atoms with van der Waals surface area (Å²) < 4.78 is 21.1. The molecule has 1 aromatic carbocycles. The molecule has 3 aromatic heterocycles. The molecule has 7 nitrogen and oxygen atoms in total. The topological polar surface area (TPSA) is 95.4 Å². The largest absolute Gasteiger partial charge is 0.481 e. The van der Waals surface area contributed by atoms with Gasteiger partial charge in [0, 0.05) is 17.2 Å². The van der Waals surface area contributed by atoms with E-state index in [2.05, 4.69) is 15.0 Å². The number of nitrogens with two attached hydrogens (primary N) is 1. The average molecular weight is 365 g/mol. The third kappa shape index (κ3) is 2.66. The van der Waals surface area contributed by atoms with Crippen molar-refractivity contribution in [3.63, 3.8) is 0 Å². The Morgan fingerprint density at radius 2 is 1.85 bits per heavy atom. The van der Waals surface area contributed by atoms with Crippen LogP contribution in [-0.4, -0.2) is 32.4 Å². The summed E-state index contributed by atoms with van der Waals surface area (Å²) in [4.78, 5) is 25.2. The minimum absolute atomic E-state index is 0.0695. The monoisotopic (exact) mass is 365 g/mol. The summed E-state index contributed by atoms with van der Waals surface area (Å²) in [6.07, 6.45) is 0. The molecule has 0 saturated carbocycles. The van der Waals surface area contributed by atoms with Crippen LogP contribution in [0.2, 0.25) is 0 Å². The van der Waals surface area contributed by atoms with Gasteiger partial charge in [0.05, 0.1) is 24.0 Å². The second-order valence-corrected chi connectivity index (χ2v) is 6.19. The van der Waals surface area contributed by atoms with E-state index >= 15 is 0 Å². The van der Waals surface area contributed by atoms with Crippen LogP contribution in [0.1, 0.15) is 21.7 Å². The van der Waals surface area contributed by atoms with E-state index in [4.69, 9.17) is 10.5 Å². The van der Waals surface area contributed by atoms with Gasteiger partial charge >= 0.3 is 0 Å². The van der Waals surface area contributed by atoms with Gasteiger partial charge in [-0.2, -0.15) is 4.98 Å². The zero-order valence-electron chi connectivity index (χ0n) is 14.9. The van der Waals surface area contributed by atoms with E-state index in [1.165, 1.54) is 19.2 Å². The van der Waals surface area contributed by atoms with Crippen LogP contribution in [0, 0.1) is 19.7 Å². The Morgan fingerprint density at radius 1 is 1.11 bits per heavy atom. The van der Waals surface area contributed by atoms with Gasteiger partial charge in [-0.15, -0.1) is 0 Å². The van der Waals surface area contributed by atoms with Crippen molar-refractivity contribution in [2.24, 2.45) is 5.73 Å². The number of benzene rings is 1. The number of methoxy groups -OCH3 is 1. The summed E-state index contributed by atoms with van der Waals surface area (Å²) in [5.41, 5.74) is 9.23. The Bertz CT molecular complexity index is 1230. The predicted molar refractivity (Wildman–Crippen MR) is 98.2 cm³/mol. The molecule has 1 amide bonds. The number of hydrogen-bond donors (Lipinski definition) is 1. The van der Waals surface area contributed by atoms with Crippen molar-refractivity contribution in [3.8, 4) is 17.3 Å². The molecular weight excluding hydrogens is 349 g/mol. The molecule has 2 N–H and O–H groups in total. The van der Waals surface area contributed by atoms with Gasteiger partial charge < -0.3 is 10.5 Å². The predicted octanol–water partition coefficient (Wildman–Crippen LogP) is 2.81. The highest BCUT2D eigenvalue weighted by atomic mass is 19.1. The third-order valence-corrected chi connectivity index (χ3v) is 4.37. The number of halogens is 1. The van der Waals surface area contributed by atoms with Gasteiger partial charge in [0.25, 0.3) is 0 Å². The van der Waals surface area contributed by atoms with Crippen LogP contribution in [-0.2, 0) is 0 Å². The molecule has 0 spiro atoms. The molecule has 136 valence electrons. The maximum atomic E-state index is 14.1. The van der Waals surface area contributed by atoms with Gasteiger partial charge in [-0.3, -0.25) is 9.20 Å². The van der Waals surface area contributed by atoms with Crippen molar-refractivity contribution >= 4 is 22.6 Å². The fourth-order valence-corrected chi connectivity index (χ4v) is 3.24. The molecule has 0 aliphatic rings. The molecule has 27 heavy (non-hydrogen) atoms. The average Bonchev–Trinajstić information content (AvgIpc) is 2.99. The summed E-state index contributed by atoms with van der Waals surface area (Å²) >= 11 is 0. The van der Waals surface area contributed by atoms with Crippen molar-refractivity contribution in [2.45, 2.75) is 13.8 Å². The van der Waals surface area contributed by atoms with Crippen LogP contribution in [0.4, 0.5) is 4.39 Å². The fourth-order valence-electron chi connectivity index (χ4n) is 3.24. The molecule has 0 bridgehead atoms. The Morgan fingerprint density at radius 3 is 2.56 bits per heavy atom. The van der Waals surface area contributed by atoms with Gasteiger partial charge in [0.15, 0.2) is 5.65 Å². The minimum atomic E-state index is -0.712. The second kappa shape index (κ2) is 6.01. The molecule has 4 rings (SSSR count). The highest BCUT2D eigenvalue weighted by molar-refractivity contribution is 5.94. The Kier molecular flexibility index (Phi) is 3.76. The van der Waals surface area contributed by atoms with E-state index in [9.17, 15) is 9.18 Å². The zero-order chi connectivity index (χ0) is 19.3. The number of nitrogens with zero attached hydrogens (tertiary/aromatic N) is 4.